The molecule has 0 spiro atoms. The zero-order valence-electron chi connectivity index (χ0n) is 6.46. The maximum Gasteiger partial charge on any atom is 0.219 e. The molecule has 0 radical (unpaired) electrons. The highest BCUT2D eigenvalue weighted by Gasteiger charge is 2.22. The summed E-state index contributed by atoms with van der Waals surface area (Å²) in [6.07, 6.45) is 3.27. The van der Waals surface area contributed by atoms with E-state index in [0.29, 0.717) is 5.25 Å². The molecule has 1 aliphatic heterocycles. The average molecular weight is 159 g/mol. The molecule has 1 atom stereocenters. The summed E-state index contributed by atoms with van der Waals surface area (Å²) in [6, 6.07) is 0. The van der Waals surface area contributed by atoms with Gasteiger partial charge in [0.25, 0.3) is 0 Å². The van der Waals surface area contributed by atoms with Gasteiger partial charge in [-0.2, -0.15) is 11.8 Å². The van der Waals surface area contributed by atoms with Gasteiger partial charge in [-0.05, 0) is 12.7 Å². The molecule has 0 aromatic carbocycles. The van der Waals surface area contributed by atoms with E-state index in [-0.39, 0.29) is 5.91 Å². The first kappa shape index (κ1) is 7.92. The summed E-state index contributed by atoms with van der Waals surface area (Å²) in [7, 11) is 0. The zero-order chi connectivity index (χ0) is 7.56. The number of hydrogen-bond donors (Lipinski definition) is 0. The Morgan fingerprint density at radius 1 is 1.70 bits per heavy atom. The van der Waals surface area contributed by atoms with Crippen molar-refractivity contribution < 1.29 is 4.79 Å². The Morgan fingerprint density at radius 2 is 2.40 bits per heavy atom. The van der Waals surface area contributed by atoms with Crippen LogP contribution < -0.4 is 0 Å². The minimum absolute atomic E-state index is 0.219. The molecule has 0 N–H and O–H groups in total. The van der Waals surface area contributed by atoms with Crippen molar-refractivity contribution in [2.45, 2.75) is 18.6 Å². The second-order valence-electron chi connectivity index (χ2n) is 2.61. The topological polar surface area (TPSA) is 20.3 Å². The monoisotopic (exact) mass is 159 g/mol. The fourth-order valence-electron chi connectivity index (χ4n) is 1.21. The van der Waals surface area contributed by atoms with Crippen LogP contribution in [0.5, 0.6) is 0 Å². The molecule has 1 fully saturated rings. The Bertz CT molecular complexity index is 138. The number of amides is 1. The predicted molar refractivity (Wildman–Crippen MR) is 44.2 cm³/mol. The van der Waals surface area contributed by atoms with Crippen LogP contribution >= 0.6 is 11.8 Å². The third kappa shape index (κ3) is 1.66. The van der Waals surface area contributed by atoms with Gasteiger partial charge in [0, 0.05) is 25.3 Å². The second kappa shape index (κ2) is 3.28. The fourth-order valence-corrected chi connectivity index (χ4v) is 1.88. The van der Waals surface area contributed by atoms with Gasteiger partial charge in [-0.25, -0.2) is 0 Å². The molecule has 1 amide bonds. The number of rotatable bonds is 1. The van der Waals surface area contributed by atoms with Gasteiger partial charge in [0.1, 0.15) is 0 Å². The van der Waals surface area contributed by atoms with Crippen LogP contribution in [0, 0.1) is 0 Å². The molecule has 2 nitrogen and oxygen atoms in total. The van der Waals surface area contributed by atoms with Gasteiger partial charge < -0.3 is 4.90 Å². The quantitative estimate of drug-likeness (QED) is 0.568. The van der Waals surface area contributed by atoms with E-state index in [1.807, 2.05) is 16.7 Å². The van der Waals surface area contributed by atoms with Crippen molar-refractivity contribution in [2.75, 3.05) is 19.3 Å². The first-order chi connectivity index (χ1) is 4.74. The molecule has 10 heavy (non-hydrogen) atoms. The van der Waals surface area contributed by atoms with Crippen LogP contribution in [-0.2, 0) is 4.79 Å². The van der Waals surface area contributed by atoms with Gasteiger partial charge in [-0.15, -0.1) is 0 Å². The van der Waals surface area contributed by atoms with E-state index in [9.17, 15) is 4.79 Å². The molecule has 1 heterocycles. The summed E-state index contributed by atoms with van der Waals surface area (Å²) in [6.45, 7) is 3.56. The van der Waals surface area contributed by atoms with Crippen molar-refractivity contribution in [2.24, 2.45) is 0 Å². The van der Waals surface area contributed by atoms with E-state index >= 15 is 0 Å². The Balaban J connectivity index is 2.35. The van der Waals surface area contributed by atoms with Crippen LogP contribution in [0.2, 0.25) is 0 Å². The van der Waals surface area contributed by atoms with Crippen LogP contribution in [0.15, 0.2) is 0 Å². The third-order valence-electron chi connectivity index (χ3n) is 1.92. The van der Waals surface area contributed by atoms with Crippen molar-refractivity contribution in [3.63, 3.8) is 0 Å². The third-order valence-corrected chi connectivity index (χ3v) is 2.98. The molecule has 0 aromatic heterocycles. The van der Waals surface area contributed by atoms with Gasteiger partial charge >= 0.3 is 0 Å². The lowest BCUT2D eigenvalue weighted by Crippen LogP contribution is -2.26. The molecule has 1 aliphatic rings. The minimum atomic E-state index is 0.219. The Hall–Kier alpha value is -0.180. The summed E-state index contributed by atoms with van der Waals surface area (Å²) < 4.78 is 0. The maximum atomic E-state index is 10.8. The number of likely N-dealkylation sites (tertiary alicyclic amines) is 1. The second-order valence-corrected chi connectivity index (χ2v) is 3.75. The molecule has 0 saturated carbocycles. The van der Waals surface area contributed by atoms with Gasteiger partial charge in [0.15, 0.2) is 0 Å². The SMILES string of the molecule is CSC1CCN(C(C)=O)C1. The number of carbonyl (C=O) groups is 1. The summed E-state index contributed by atoms with van der Waals surface area (Å²) in [4.78, 5) is 12.7. The van der Waals surface area contributed by atoms with Crippen molar-refractivity contribution in [3.8, 4) is 0 Å². The van der Waals surface area contributed by atoms with Gasteiger partial charge in [0.05, 0.1) is 0 Å². The highest BCUT2D eigenvalue weighted by molar-refractivity contribution is 7.99. The van der Waals surface area contributed by atoms with E-state index < -0.39 is 0 Å². The highest BCUT2D eigenvalue weighted by Crippen LogP contribution is 2.19. The first-order valence-electron chi connectivity index (χ1n) is 3.52. The minimum Gasteiger partial charge on any atom is -0.342 e. The van der Waals surface area contributed by atoms with Gasteiger partial charge in [-0.1, -0.05) is 0 Å². The molecule has 0 bridgehead atoms. The van der Waals surface area contributed by atoms with E-state index in [0.717, 1.165) is 13.1 Å². The molecule has 58 valence electrons. The fraction of sp³-hybridized carbons (Fsp3) is 0.857. The Labute approximate surface area is 66.0 Å². The Morgan fingerprint density at radius 3 is 2.70 bits per heavy atom. The normalized spacial score (nSPS) is 25.4. The van der Waals surface area contributed by atoms with E-state index in [2.05, 4.69) is 6.26 Å². The number of thioether (sulfide) groups is 1. The first-order valence-corrected chi connectivity index (χ1v) is 4.81. The largest absolute Gasteiger partial charge is 0.342 e. The van der Waals surface area contributed by atoms with Gasteiger partial charge in [0.2, 0.25) is 5.91 Å². The Kier molecular flexibility index (Phi) is 2.60. The molecule has 1 rings (SSSR count). The summed E-state index contributed by atoms with van der Waals surface area (Å²) in [5.41, 5.74) is 0. The van der Waals surface area contributed by atoms with Crippen LogP contribution in [0.3, 0.4) is 0 Å². The number of carbonyl (C=O) groups excluding carboxylic acids is 1. The lowest BCUT2D eigenvalue weighted by atomic mass is 10.4. The number of nitrogens with zero attached hydrogens (tertiary/aromatic N) is 1. The van der Waals surface area contributed by atoms with Crippen LogP contribution in [0.25, 0.3) is 0 Å². The average Bonchev–Trinajstić information content (AvgIpc) is 2.34. The predicted octanol–water partition coefficient (Wildman–Crippen LogP) is 0.970. The van der Waals surface area contributed by atoms with Crippen molar-refractivity contribution in [1.82, 2.24) is 4.90 Å². The summed E-state index contributed by atoms with van der Waals surface area (Å²) in [5.74, 6) is 0.219. The summed E-state index contributed by atoms with van der Waals surface area (Å²) in [5, 5.41) is 0.684. The van der Waals surface area contributed by atoms with E-state index in [1.165, 1.54) is 6.42 Å². The molecular formula is C7H13NOS. The van der Waals surface area contributed by atoms with Crippen LogP contribution in [0.4, 0.5) is 0 Å². The van der Waals surface area contributed by atoms with Crippen LogP contribution in [-0.4, -0.2) is 35.4 Å². The lowest BCUT2D eigenvalue weighted by Gasteiger charge is -2.12. The molecule has 1 saturated heterocycles. The standard InChI is InChI=1S/C7H13NOS/c1-6(9)8-4-3-7(5-8)10-2/h7H,3-5H2,1-2H3. The van der Waals surface area contributed by atoms with Gasteiger partial charge in [-0.3, -0.25) is 4.79 Å². The lowest BCUT2D eigenvalue weighted by molar-refractivity contribution is -0.127. The molecular weight excluding hydrogens is 146 g/mol. The summed E-state index contributed by atoms with van der Waals surface area (Å²) >= 11 is 1.86. The smallest absolute Gasteiger partial charge is 0.219 e. The van der Waals surface area contributed by atoms with Crippen molar-refractivity contribution in [1.29, 1.82) is 0 Å². The molecule has 0 aliphatic carbocycles. The van der Waals surface area contributed by atoms with Crippen LogP contribution in [0.1, 0.15) is 13.3 Å². The maximum absolute atomic E-state index is 10.8. The van der Waals surface area contributed by atoms with Crippen molar-refractivity contribution in [3.05, 3.63) is 0 Å². The zero-order valence-corrected chi connectivity index (χ0v) is 7.28. The van der Waals surface area contributed by atoms with E-state index in [4.69, 9.17) is 0 Å². The molecule has 0 aromatic rings. The van der Waals surface area contributed by atoms with Crippen molar-refractivity contribution >= 4 is 17.7 Å². The molecule has 3 heteroatoms. The number of hydrogen-bond acceptors (Lipinski definition) is 2. The van der Waals surface area contributed by atoms with E-state index in [1.54, 1.807) is 6.92 Å². The highest BCUT2D eigenvalue weighted by atomic mass is 32.2. The molecule has 1 unspecified atom stereocenters.